The van der Waals surface area contributed by atoms with Gasteiger partial charge in [0, 0.05) is 9.79 Å². The zero-order chi connectivity index (χ0) is 10.7. The Morgan fingerprint density at radius 1 is 0.733 bits per heavy atom. The second-order valence-electron chi connectivity index (χ2n) is 3.74. The van der Waals surface area contributed by atoms with Crippen LogP contribution < -0.4 is 0 Å². The monoisotopic (exact) mass is 214 g/mol. The van der Waals surface area contributed by atoms with Gasteiger partial charge in [-0.15, -0.1) is 0 Å². The van der Waals surface area contributed by atoms with Crippen molar-refractivity contribution in [1.82, 2.24) is 0 Å². The van der Waals surface area contributed by atoms with Gasteiger partial charge in [-0.05, 0) is 49.2 Å². The first kappa shape index (κ1) is 10.3. The van der Waals surface area contributed by atoms with Crippen LogP contribution >= 0.6 is 11.8 Å². The highest BCUT2D eigenvalue weighted by Gasteiger charge is 1.98. The molecule has 0 heterocycles. The third kappa shape index (κ3) is 2.87. The Hall–Kier alpha value is -1.21. The molecule has 2 aromatic carbocycles. The SMILES string of the molecule is Cc1cc(C)cc(Sc2ccccc2)c1. The van der Waals surface area contributed by atoms with Crippen molar-refractivity contribution >= 4 is 11.8 Å². The molecule has 0 spiro atoms. The molecule has 0 aliphatic rings. The van der Waals surface area contributed by atoms with Crippen LogP contribution in [-0.4, -0.2) is 0 Å². The van der Waals surface area contributed by atoms with Crippen LogP contribution in [0.25, 0.3) is 0 Å². The molecule has 0 aliphatic heterocycles. The quantitative estimate of drug-likeness (QED) is 0.711. The minimum absolute atomic E-state index is 1.29. The average molecular weight is 214 g/mol. The van der Waals surface area contributed by atoms with Crippen LogP contribution in [0.4, 0.5) is 0 Å². The van der Waals surface area contributed by atoms with Crippen LogP contribution in [0, 0.1) is 13.8 Å². The van der Waals surface area contributed by atoms with Crippen LogP contribution in [0.5, 0.6) is 0 Å². The van der Waals surface area contributed by atoms with Crippen LogP contribution in [0.1, 0.15) is 11.1 Å². The molecule has 0 atom stereocenters. The van der Waals surface area contributed by atoms with Gasteiger partial charge in [-0.3, -0.25) is 0 Å². The first-order valence-corrected chi connectivity index (χ1v) is 5.87. The Morgan fingerprint density at radius 2 is 1.33 bits per heavy atom. The lowest BCUT2D eigenvalue weighted by molar-refractivity contribution is 1.29. The third-order valence-corrected chi connectivity index (χ3v) is 3.15. The smallest absolute Gasteiger partial charge is 0.0127 e. The summed E-state index contributed by atoms with van der Waals surface area (Å²) in [5.41, 5.74) is 2.65. The highest BCUT2D eigenvalue weighted by atomic mass is 32.2. The standard InChI is InChI=1S/C14H14S/c1-11-8-12(2)10-14(9-11)15-13-6-4-3-5-7-13/h3-10H,1-2H3. The molecule has 0 saturated carbocycles. The van der Waals surface area contributed by atoms with Crippen LogP contribution in [0.15, 0.2) is 58.3 Å². The number of benzene rings is 2. The largest absolute Gasteiger partial charge is 0.0901 e. The minimum atomic E-state index is 1.29. The second kappa shape index (κ2) is 4.54. The van der Waals surface area contributed by atoms with Gasteiger partial charge < -0.3 is 0 Å². The first-order valence-electron chi connectivity index (χ1n) is 5.05. The van der Waals surface area contributed by atoms with Crippen molar-refractivity contribution in [2.45, 2.75) is 23.6 Å². The third-order valence-electron chi connectivity index (χ3n) is 2.17. The molecule has 0 amide bonds. The molecule has 2 rings (SSSR count). The van der Waals surface area contributed by atoms with E-state index in [1.807, 2.05) is 17.8 Å². The van der Waals surface area contributed by atoms with E-state index >= 15 is 0 Å². The van der Waals surface area contributed by atoms with E-state index in [1.165, 1.54) is 20.9 Å². The Kier molecular flexibility index (Phi) is 3.12. The van der Waals surface area contributed by atoms with E-state index < -0.39 is 0 Å². The van der Waals surface area contributed by atoms with Gasteiger partial charge in [-0.2, -0.15) is 0 Å². The molecule has 2 aromatic rings. The first-order chi connectivity index (χ1) is 7.24. The zero-order valence-corrected chi connectivity index (χ0v) is 9.84. The van der Waals surface area contributed by atoms with E-state index in [9.17, 15) is 0 Å². The minimum Gasteiger partial charge on any atom is -0.0901 e. The maximum absolute atomic E-state index is 2.23. The molecule has 0 unspecified atom stereocenters. The molecule has 0 radical (unpaired) electrons. The summed E-state index contributed by atoms with van der Waals surface area (Å²) in [5.74, 6) is 0. The predicted octanol–water partition coefficient (Wildman–Crippen LogP) is 4.45. The Labute approximate surface area is 95.3 Å². The summed E-state index contributed by atoms with van der Waals surface area (Å²) in [6.45, 7) is 4.28. The van der Waals surface area contributed by atoms with Crippen LogP contribution in [-0.2, 0) is 0 Å². The average Bonchev–Trinajstić information content (AvgIpc) is 2.17. The summed E-state index contributed by atoms with van der Waals surface area (Å²) < 4.78 is 0. The fourth-order valence-electron chi connectivity index (χ4n) is 1.62. The Morgan fingerprint density at radius 3 is 1.93 bits per heavy atom. The summed E-state index contributed by atoms with van der Waals surface area (Å²) in [4.78, 5) is 2.61. The lowest BCUT2D eigenvalue weighted by Crippen LogP contribution is -1.79. The highest BCUT2D eigenvalue weighted by molar-refractivity contribution is 7.99. The summed E-state index contributed by atoms with van der Waals surface area (Å²) >= 11 is 1.82. The molecule has 0 N–H and O–H groups in total. The molecule has 15 heavy (non-hydrogen) atoms. The fourth-order valence-corrected chi connectivity index (χ4v) is 2.67. The van der Waals surface area contributed by atoms with Gasteiger partial charge in [-0.25, -0.2) is 0 Å². The maximum Gasteiger partial charge on any atom is 0.0127 e. The number of hydrogen-bond donors (Lipinski definition) is 0. The van der Waals surface area contributed by atoms with Gasteiger partial charge in [0.05, 0.1) is 0 Å². The lowest BCUT2D eigenvalue weighted by atomic mass is 10.2. The number of hydrogen-bond acceptors (Lipinski definition) is 1. The molecule has 0 fully saturated rings. The predicted molar refractivity (Wildman–Crippen MR) is 66.5 cm³/mol. The maximum atomic E-state index is 2.23. The topological polar surface area (TPSA) is 0 Å². The van der Waals surface area contributed by atoms with Crippen molar-refractivity contribution < 1.29 is 0 Å². The van der Waals surface area contributed by atoms with Crippen molar-refractivity contribution in [2.75, 3.05) is 0 Å². The molecule has 0 bridgehead atoms. The Bertz CT molecular complexity index is 426. The Balaban J connectivity index is 2.25. The van der Waals surface area contributed by atoms with Crippen molar-refractivity contribution in [1.29, 1.82) is 0 Å². The fraction of sp³-hybridized carbons (Fsp3) is 0.143. The molecule has 1 heteroatoms. The van der Waals surface area contributed by atoms with Crippen molar-refractivity contribution in [3.8, 4) is 0 Å². The van der Waals surface area contributed by atoms with Crippen molar-refractivity contribution in [2.24, 2.45) is 0 Å². The van der Waals surface area contributed by atoms with E-state index in [4.69, 9.17) is 0 Å². The van der Waals surface area contributed by atoms with Crippen LogP contribution in [0.2, 0.25) is 0 Å². The van der Waals surface area contributed by atoms with Crippen LogP contribution in [0.3, 0.4) is 0 Å². The lowest BCUT2D eigenvalue weighted by Gasteiger charge is -2.04. The van der Waals surface area contributed by atoms with Gasteiger partial charge in [0.2, 0.25) is 0 Å². The summed E-state index contributed by atoms with van der Waals surface area (Å²) in [6, 6.07) is 17.1. The molecule has 0 aromatic heterocycles. The molecule has 76 valence electrons. The van der Waals surface area contributed by atoms with E-state index in [-0.39, 0.29) is 0 Å². The molecular formula is C14H14S. The van der Waals surface area contributed by atoms with E-state index in [0.29, 0.717) is 0 Å². The van der Waals surface area contributed by atoms with Gasteiger partial charge in [0.1, 0.15) is 0 Å². The van der Waals surface area contributed by atoms with Crippen molar-refractivity contribution in [3.05, 3.63) is 59.7 Å². The number of rotatable bonds is 2. The van der Waals surface area contributed by atoms with Gasteiger partial charge >= 0.3 is 0 Å². The van der Waals surface area contributed by atoms with E-state index in [1.54, 1.807) is 0 Å². The highest BCUT2D eigenvalue weighted by Crippen LogP contribution is 2.28. The normalized spacial score (nSPS) is 10.3. The van der Waals surface area contributed by atoms with Gasteiger partial charge in [-0.1, -0.05) is 36.0 Å². The molecular weight excluding hydrogens is 200 g/mol. The van der Waals surface area contributed by atoms with Gasteiger partial charge in [0.25, 0.3) is 0 Å². The summed E-state index contributed by atoms with van der Waals surface area (Å²) in [5, 5.41) is 0. The van der Waals surface area contributed by atoms with E-state index in [2.05, 4.69) is 56.3 Å². The molecule has 0 nitrogen and oxygen atoms in total. The number of aryl methyl sites for hydroxylation is 2. The van der Waals surface area contributed by atoms with Crippen molar-refractivity contribution in [3.63, 3.8) is 0 Å². The summed E-state index contributed by atoms with van der Waals surface area (Å²) in [6.07, 6.45) is 0. The van der Waals surface area contributed by atoms with E-state index in [0.717, 1.165) is 0 Å². The second-order valence-corrected chi connectivity index (χ2v) is 4.89. The molecule has 0 aliphatic carbocycles. The van der Waals surface area contributed by atoms with Gasteiger partial charge in [0.15, 0.2) is 0 Å². The summed E-state index contributed by atoms with van der Waals surface area (Å²) in [7, 11) is 0. The zero-order valence-electron chi connectivity index (χ0n) is 9.03. The molecule has 0 saturated heterocycles.